The Morgan fingerprint density at radius 2 is 1.80 bits per heavy atom. The second kappa shape index (κ2) is 10.8. The highest BCUT2D eigenvalue weighted by Crippen LogP contribution is 2.22. The van der Waals surface area contributed by atoms with Crippen LogP contribution in [-0.2, 0) is 25.5 Å². The van der Waals surface area contributed by atoms with E-state index < -0.39 is 29.7 Å². The third-order valence-corrected chi connectivity index (χ3v) is 5.99. The van der Waals surface area contributed by atoms with Crippen molar-refractivity contribution in [2.24, 2.45) is 5.92 Å². The summed E-state index contributed by atoms with van der Waals surface area (Å²) in [6, 6.07) is 5.92. The molecule has 1 aromatic heterocycles. The molecule has 1 saturated heterocycles. The van der Waals surface area contributed by atoms with Gasteiger partial charge in [0, 0.05) is 42.5 Å². The van der Waals surface area contributed by atoms with Crippen LogP contribution in [0.1, 0.15) is 46.1 Å². The van der Waals surface area contributed by atoms with Gasteiger partial charge in [0.2, 0.25) is 11.8 Å². The van der Waals surface area contributed by atoms with Gasteiger partial charge in [-0.25, -0.2) is 4.79 Å². The molecule has 0 bridgehead atoms. The Labute approximate surface area is 204 Å². The standard InChI is InChI=1S/C25H34N4O6/c1-15(23(32)33)27-21(30)16-9-11-29(12-10-16)22(31)20(28-24(34)35-25(2,3)4)13-17-14-26-19-8-6-5-7-18(17)19/h5-8,14-16,20,26H,9-13H2,1-4H3,(H,27,30)(H,28,34)(H,32,33)/t15-,20-/m1/s1. The topological polar surface area (TPSA) is 141 Å². The monoisotopic (exact) mass is 486 g/mol. The van der Waals surface area contributed by atoms with Crippen LogP contribution < -0.4 is 10.6 Å². The molecule has 1 aliphatic heterocycles. The third kappa shape index (κ3) is 6.97. The summed E-state index contributed by atoms with van der Waals surface area (Å²) in [5.41, 5.74) is 1.12. The highest BCUT2D eigenvalue weighted by Gasteiger charge is 2.33. The van der Waals surface area contributed by atoms with Crippen LogP contribution in [0.15, 0.2) is 30.5 Å². The molecule has 2 aromatic rings. The Hall–Kier alpha value is -3.56. The van der Waals surface area contributed by atoms with Crippen molar-refractivity contribution in [2.45, 2.75) is 64.6 Å². The Morgan fingerprint density at radius 1 is 1.14 bits per heavy atom. The summed E-state index contributed by atoms with van der Waals surface area (Å²) in [7, 11) is 0. The molecule has 0 unspecified atom stereocenters. The molecular weight excluding hydrogens is 452 g/mol. The average Bonchev–Trinajstić information content (AvgIpc) is 3.19. The molecule has 3 rings (SSSR count). The van der Waals surface area contributed by atoms with Crippen molar-refractivity contribution in [1.82, 2.24) is 20.5 Å². The minimum atomic E-state index is -1.10. The zero-order valence-corrected chi connectivity index (χ0v) is 20.6. The fraction of sp³-hybridized carbons (Fsp3) is 0.520. The number of carboxylic acids is 1. The van der Waals surface area contributed by atoms with Crippen LogP contribution >= 0.6 is 0 Å². The minimum Gasteiger partial charge on any atom is -0.480 e. The highest BCUT2D eigenvalue weighted by atomic mass is 16.6. The number of H-pyrrole nitrogens is 1. The van der Waals surface area contributed by atoms with Crippen LogP contribution in [0.4, 0.5) is 4.79 Å². The van der Waals surface area contributed by atoms with E-state index in [1.807, 2.05) is 30.5 Å². The lowest BCUT2D eigenvalue weighted by Crippen LogP contribution is -2.53. The van der Waals surface area contributed by atoms with Crippen molar-refractivity contribution in [2.75, 3.05) is 13.1 Å². The second-order valence-electron chi connectivity index (χ2n) is 9.93. The number of hydrogen-bond acceptors (Lipinski definition) is 5. The van der Waals surface area contributed by atoms with E-state index in [4.69, 9.17) is 9.84 Å². The number of para-hydroxylation sites is 1. The number of likely N-dealkylation sites (tertiary alicyclic amines) is 1. The molecule has 3 amide bonds. The number of piperidine rings is 1. The van der Waals surface area contributed by atoms with Crippen molar-refractivity contribution in [3.05, 3.63) is 36.0 Å². The number of amides is 3. The van der Waals surface area contributed by atoms with E-state index in [9.17, 15) is 19.2 Å². The Morgan fingerprint density at radius 3 is 2.43 bits per heavy atom. The molecular formula is C25H34N4O6. The first-order valence-corrected chi connectivity index (χ1v) is 11.8. The van der Waals surface area contributed by atoms with Crippen molar-refractivity contribution in [1.29, 1.82) is 0 Å². The van der Waals surface area contributed by atoms with E-state index in [0.717, 1.165) is 16.5 Å². The number of carbonyl (C=O) groups excluding carboxylic acids is 3. The van der Waals surface area contributed by atoms with E-state index in [1.165, 1.54) is 6.92 Å². The maximum atomic E-state index is 13.5. The number of ether oxygens (including phenoxy) is 1. The first-order valence-electron chi connectivity index (χ1n) is 11.8. The molecule has 35 heavy (non-hydrogen) atoms. The summed E-state index contributed by atoms with van der Waals surface area (Å²) >= 11 is 0. The van der Waals surface area contributed by atoms with Gasteiger partial charge in [-0.15, -0.1) is 0 Å². The second-order valence-corrected chi connectivity index (χ2v) is 9.93. The molecule has 1 fully saturated rings. The van der Waals surface area contributed by atoms with Gasteiger partial charge in [-0.3, -0.25) is 14.4 Å². The van der Waals surface area contributed by atoms with Gasteiger partial charge >= 0.3 is 12.1 Å². The molecule has 4 N–H and O–H groups in total. The highest BCUT2D eigenvalue weighted by molar-refractivity contribution is 5.89. The van der Waals surface area contributed by atoms with E-state index in [-0.39, 0.29) is 24.2 Å². The van der Waals surface area contributed by atoms with Gasteiger partial charge in [-0.05, 0) is 52.2 Å². The number of fused-ring (bicyclic) bond motifs is 1. The van der Waals surface area contributed by atoms with E-state index >= 15 is 0 Å². The summed E-state index contributed by atoms with van der Waals surface area (Å²) in [6.45, 7) is 7.34. The first-order chi connectivity index (χ1) is 16.4. The smallest absolute Gasteiger partial charge is 0.408 e. The van der Waals surface area contributed by atoms with Gasteiger partial charge in [0.15, 0.2) is 0 Å². The molecule has 2 atom stereocenters. The van der Waals surface area contributed by atoms with Gasteiger partial charge in [0.25, 0.3) is 0 Å². The summed E-state index contributed by atoms with van der Waals surface area (Å²) in [4.78, 5) is 54.2. The molecule has 0 saturated carbocycles. The minimum absolute atomic E-state index is 0.251. The summed E-state index contributed by atoms with van der Waals surface area (Å²) in [5.74, 6) is -2.04. The number of aromatic nitrogens is 1. The number of nitrogens with zero attached hydrogens (tertiary/aromatic N) is 1. The number of hydrogen-bond donors (Lipinski definition) is 4. The van der Waals surface area contributed by atoms with Crippen LogP contribution in [0, 0.1) is 5.92 Å². The fourth-order valence-electron chi connectivity index (χ4n) is 4.15. The molecule has 0 aliphatic carbocycles. The molecule has 10 nitrogen and oxygen atoms in total. The predicted octanol–water partition coefficient (Wildman–Crippen LogP) is 2.43. The summed E-state index contributed by atoms with van der Waals surface area (Å²) < 4.78 is 5.39. The lowest BCUT2D eigenvalue weighted by atomic mass is 9.94. The number of benzene rings is 1. The van der Waals surface area contributed by atoms with Crippen LogP contribution in [0.25, 0.3) is 10.9 Å². The number of nitrogens with one attached hydrogen (secondary N) is 3. The molecule has 1 aromatic carbocycles. The zero-order chi connectivity index (χ0) is 25.8. The lowest BCUT2D eigenvalue weighted by molar-refractivity contribution is -0.142. The number of aromatic amines is 1. The number of rotatable bonds is 7. The lowest BCUT2D eigenvalue weighted by Gasteiger charge is -2.34. The van der Waals surface area contributed by atoms with Gasteiger partial charge in [0.05, 0.1) is 0 Å². The fourth-order valence-corrected chi connectivity index (χ4v) is 4.15. The molecule has 0 spiro atoms. The maximum Gasteiger partial charge on any atom is 0.408 e. The quantitative estimate of drug-likeness (QED) is 0.474. The maximum absolute atomic E-state index is 13.5. The van der Waals surface area contributed by atoms with Crippen LogP contribution in [0.2, 0.25) is 0 Å². The normalized spacial score (nSPS) is 16.4. The number of carbonyl (C=O) groups is 4. The van der Waals surface area contributed by atoms with Gasteiger partial charge in [-0.1, -0.05) is 18.2 Å². The van der Waals surface area contributed by atoms with E-state index in [2.05, 4.69) is 15.6 Å². The van der Waals surface area contributed by atoms with Gasteiger partial charge < -0.3 is 30.4 Å². The van der Waals surface area contributed by atoms with Crippen molar-refractivity contribution in [3.63, 3.8) is 0 Å². The Bertz CT molecular complexity index is 1080. The van der Waals surface area contributed by atoms with Crippen molar-refractivity contribution >= 4 is 34.8 Å². The first kappa shape index (κ1) is 26.1. The van der Waals surface area contributed by atoms with Crippen molar-refractivity contribution < 1.29 is 29.0 Å². The summed E-state index contributed by atoms with van der Waals surface area (Å²) in [6.07, 6.45) is 2.26. The average molecular weight is 487 g/mol. The molecule has 0 radical (unpaired) electrons. The Balaban J connectivity index is 1.70. The molecule has 2 heterocycles. The summed E-state index contributed by atoms with van der Waals surface area (Å²) in [5, 5.41) is 15.2. The zero-order valence-electron chi connectivity index (χ0n) is 20.6. The van der Waals surface area contributed by atoms with Crippen LogP contribution in [-0.4, -0.2) is 69.6 Å². The molecule has 1 aliphatic rings. The van der Waals surface area contributed by atoms with Crippen molar-refractivity contribution in [3.8, 4) is 0 Å². The van der Waals surface area contributed by atoms with E-state index in [0.29, 0.717) is 25.9 Å². The van der Waals surface area contributed by atoms with Crippen LogP contribution in [0.5, 0.6) is 0 Å². The number of aliphatic carboxylic acids is 1. The molecule has 190 valence electrons. The largest absolute Gasteiger partial charge is 0.480 e. The van der Waals surface area contributed by atoms with Gasteiger partial charge in [-0.2, -0.15) is 0 Å². The Kier molecular flexibility index (Phi) is 8.03. The molecule has 10 heteroatoms. The third-order valence-electron chi connectivity index (χ3n) is 5.99. The number of alkyl carbamates (subject to hydrolysis) is 1. The van der Waals surface area contributed by atoms with Gasteiger partial charge in [0.1, 0.15) is 17.7 Å². The van der Waals surface area contributed by atoms with E-state index in [1.54, 1.807) is 25.7 Å². The van der Waals surface area contributed by atoms with Crippen LogP contribution in [0.3, 0.4) is 0 Å². The SMILES string of the molecule is C[C@@H](NC(=O)C1CCN(C(=O)[C@@H](Cc2c[nH]c3ccccc23)NC(=O)OC(C)(C)C)CC1)C(=O)O. The predicted molar refractivity (Wildman–Crippen MR) is 130 cm³/mol. The number of carboxylic acid groups (broad SMARTS) is 1.